The minimum atomic E-state index is -4.22. The molecule has 8 heteroatoms. The number of methoxy groups -OCH3 is 1. The molecule has 0 aliphatic carbocycles. The molecule has 17 heavy (non-hydrogen) atoms. The summed E-state index contributed by atoms with van der Waals surface area (Å²) in [7, 11) is 2.00. The summed E-state index contributed by atoms with van der Waals surface area (Å²) < 4.78 is 52.2. The number of hydrogen-bond donors (Lipinski definition) is 0. The third-order valence-electron chi connectivity index (χ3n) is 1.95. The van der Waals surface area contributed by atoms with Crippen LogP contribution in [0.3, 0.4) is 0 Å². The topological polar surface area (TPSA) is 67.2 Å². The zero-order chi connectivity index (χ0) is 13.2. The number of nitrogens with zero attached hydrogens (tertiary/aromatic N) is 1. The number of ether oxygens (including phenoxy) is 1. The lowest BCUT2D eigenvalue weighted by molar-refractivity contribution is 0.150. The minimum Gasteiger partial charge on any atom is -0.495 e. The Labute approximate surface area is 101 Å². The first-order valence-electron chi connectivity index (χ1n) is 4.16. The van der Waals surface area contributed by atoms with Crippen molar-refractivity contribution in [2.75, 3.05) is 7.11 Å². The highest BCUT2D eigenvalue weighted by molar-refractivity contribution is 8.13. The standard InChI is InChI=1S/C9H6ClF2NO3S/c1-16-7-2-5(4-13)6(9(11)12)3-8(7)17(10,14)15/h2-3,9H,1H3. The molecule has 0 aliphatic heterocycles. The second-order valence-electron chi connectivity index (χ2n) is 2.94. The molecule has 0 saturated heterocycles. The molecule has 0 aliphatic rings. The van der Waals surface area contributed by atoms with Crippen molar-refractivity contribution in [1.29, 1.82) is 5.26 Å². The van der Waals surface area contributed by atoms with Gasteiger partial charge in [-0.2, -0.15) is 5.26 Å². The molecule has 0 atom stereocenters. The molecule has 0 saturated carbocycles. The van der Waals surface area contributed by atoms with E-state index in [-0.39, 0.29) is 11.3 Å². The van der Waals surface area contributed by atoms with Crippen LogP contribution in [0.4, 0.5) is 8.78 Å². The number of rotatable bonds is 3. The van der Waals surface area contributed by atoms with E-state index in [1.54, 1.807) is 0 Å². The quantitative estimate of drug-likeness (QED) is 0.798. The third-order valence-corrected chi connectivity index (χ3v) is 3.30. The van der Waals surface area contributed by atoms with Gasteiger partial charge in [-0.15, -0.1) is 0 Å². The fourth-order valence-corrected chi connectivity index (χ4v) is 2.22. The van der Waals surface area contributed by atoms with Crippen LogP contribution in [0.15, 0.2) is 17.0 Å². The molecule has 0 fully saturated rings. The van der Waals surface area contributed by atoms with E-state index in [2.05, 4.69) is 4.74 Å². The van der Waals surface area contributed by atoms with Crippen LogP contribution < -0.4 is 4.74 Å². The molecular formula is C9H6ClF2NO3S. The van der Waals surface area contributed by atoms with Crippen LogP contribution in [0.2, 0.25) is 0 Å². The maximum Gasteiger partial charge on any atom is 0.265 e. The van der Waals surface area contributed by atoms with Gasteiger partial charge in [-0.05, 0) is 12.1 Å². The van der Waals surface area contributed by atoms with Gasteiger partial charge in [0.1, 0.15) is 10.6 Å². The van der Waals surface area contributed by atoms with Gasteiger partial charge in [0.05, 0.1) is 18.7 Å². The Morgan fingerprint density at radius 1 is 1.47 bits per heavy atom. The van der Waals surface area contributed by atoms with E-state index in [1.165, 1.54) is 6.07 Å². The maximum absolute atomic E-state index is 12.6. The van der Waals surface area contributed by atoms with Gasteiger partial charge in [-0.3, -0.25) is 0 Å². The lowest BCUT2D eigenvalue weighted by Crippen LogP contribution is -2.01. The van der Waals surface area contributed by atoms with Crippen molar-refractivity contribution in [3.8, 4) is 11.8 Å². The molecule has 0 heterocycles. The number of alkyl halides is 2. The molecule has 0 N–H and O–H groups in total. The first-order chi connectivity index (χ1) is 7.81. The molecule has 0 aromatic heterocycles. The Bertz CT molecular complexity index is 581. The normalized spacial score (nSPS) is 11.3. The van der Waals surface area contributed by atoms with E-state index in [0.717, 1.165) is 13.2 Å². The third kappa shape index (κ3) is 2.84. The Morgan fingerprint density at radius 3 is 2.41 bits per heavy atom. The predicted octanol–water partition coefficient (Wildman–Crippen LogP) is 2.43. The fourth-order valence-electron chi connectivity index (χ4n) is 1.20. The van der Waals surface area contributed by atoms with E-state index in [1.807, 2.05) is 0 Å². The summed E-state index contributed by atoms with van der Waals surface area (Å²) in [5, 5.41) is 8.66. The van der Waals surface area contributed by atoms with Crippen LogP contribution in [-0.4, -0.2) is 15.5 Å². The van der Waals surface area contributed by atoms with E-state index in [0.29, 0.717) is 6.07 Å². The molecule has 4 nitrogen and oxygen atoms in total. The summed E-state index contributed by atoms with van der Waals surface area (Å²) in [4.78, 5) is -0.587. The second kappa shape index (κ2) is 4.85. The monoisotopic (exact) mass is 281 g/mol. The zero-order valence-corrected chi connectivity index (χ0v) is 10.0. The van der Waals surface area contributed by atoms with Gasteiger partial charge in [-0.1, -0.05) is 0 Å². The predicted molar refractivity (Wildman–Crippen MR) is 55.7 cm³/mol. The summed E-state index contributed by atoms with van der Waals surface area (Å²) in [5.41, 5.74) is -1.06. The molecule has 1 aromatic carbocycles. The average Bonchev–Trinajstić information content (AvgIpc) is 2.25. The summed E-state index contributed by atoms with van der Waals surface area (Å²) in [5.74, 6) is -0.249. The van der Waals surface area contributed by atoms with Crippen LogP contribution >= 0.6 is 10.7 Å². The molecule has 1 aromatic rings. The summed E-state index contributed by atoms with van der Waals surface area (Å²) in [6.07, 6.45) is -2.98. The second-order valence-corrected chi connectivity index (χ2v) is 5.48. The van der Waals surface area contributed by atoms with Gasteiger partial charge in [0.15, 0.2) is 0 Å². The Balaban J connectivity index is 3.64. The lowest BCUT2D eigenvalue weighted by Gasteiger charge is -2.09. The molecule has 0 spiro atoms. The van der Waals surface area contributed by atoms with Gasteiger partial charge in [0.2, 0.25) is 0 Å². The van der Waals surface area contributed by atoms with Crippen molar-refractivity contribution in [3.63, 3.8) is 0 Å². The van der Waals surface area contributed by atoms with E-state index in [9.17, 15) is 17.2 Å². The summed E-state index contributed by atoms with van der Waals surface area (Å²) >= 11 is 0. The van der Waals surface area contributed by atoms with Crippen molar-refractivity contribution in [1.82, 2.24) is 0 Å². The Morgan fingerprint density at radius 2 is 2.06 bits per heavy atom. The van der Waals surface area contributed by atoms with Crippen molar-refractivity contribution < 1.29 is 21.9 Å². The number of halogens is 3. The molecular weight excluding hydrogens is 276 g/mol. The number of benzene rings is 1. The highest BCUT2D eigenvalue weighted by atomic mass is 35.7. The number of hydrogen-bond acceptors (Lipinski definition) is 4. The SMILES string of the molecule is COc1cc(C#N)c(C(F)F)cc1S(=O)(=O)Cl. The minimum absolute atomic E-state index is 0.249. The smallest absolute Gasteiger partial charge is 0.265 e. The fraction of sp³-hybridized carbons (Fsp3) is 0.222. The van der Waals surface area contributed by atoms with Crippen molar-refractivity contribution in [2.24, 2.45) is 0 Å². The van der Waals surface area contributed by atoms with E-state index in [4.69, 9.17) is 15.9 Å². The molecule has 0 bridgehead atoms. The first kappa shape index (κ1) is 13.7. The van der Waals surface area contributed by atoms with E-state index < -0.39 is 25.9 Å². The van der Waals surface area contributed by atoms with Gasteiger partial charge < -0.3 is 4.74 Å². The molecule has 92 valence electrons. The van der Waals surface area contributed by atoms with Crippen LogP contribution in [0.25, 0.3) is 0 Å². The maximum atomic E-state index is 12.6. The Kier molecular flexibility index (Phi) is 3.91. The highest BCUT2D eigenvalue weighted by Crippen LogP contribution is 2.33. The molecule has 0 radical (unpaired) electrons. The first-order valence-corrected chi connectivity index (χ1v) is 6.47. The van der Waals surface area contributed by atoms with Gasteiger partial charge in [-0.25, -0.2) is 17.2 Å². The summed E-state index contributed by atoms with van der Waals surface area (Å²) in [6.45, 7) is 0. The largest absolute Gasteiger partial charge is 0.495 e. The van der Waals surface area contributed by atoms with Crippen LogP contribution in [0.5, 0.6) is 5.75 Å². The van der Waals surface area contributed by atoms with E-state index >= 15 is 0 Å². The van der Waals surface area contributed by atoms with Gasteiger partial charge >= 0.3 is 0 Å². The Hall–Kier alpha value is -1.39. The van der Waals surface area contributed by atoms with Crippen LogP contribution in [-0.2, 0) is 9.05 Å². The van der Waals surface area contributed by atoms with Crippen molar-refractivity contribution in [2.45, 2.75) is 11.3 Å². The van der Waals surface area contributed by atoms with Crippen LogP contribution in [0, 0.1) is 11.3 Å². The lowest BCUT2D eigenvalue weighted by atomic mass is 10.1. The van der Waals surface area contributed by atoms with Gasteiger partial charge in [0, 0.05) is 16.2 Å². The molecule has 0 amide bonds. The zero-order valence-electron chi connectivity index (χ0n) is 8.45. The van der Waals surface area contributed by atoms with Gasteiger partial charge in [0.25, 0.3) is 15.5 Å². The van der Waals surface area contributed by atoms with Crippen molar-refractivity contribution >= 4 is 19.7 Å². The van der Waals surface area contributed by atoms with Crippen LogP contribution in [0.1, 0.15) is 17.6 Å². The molecule has 1 rings (SSSR count). The highest BCUT2D eigenvalue weighted by Gasteiger charge is 2.23. The molecule has 0 unspecified atom stereocenters. The summed E-state index contributed by atoms with van der Waals surface area (Å²) in [6, 6.07) is 3.09. The average molecular weight is 282 g/mol. The van der Waals surface area contributed by atoms with Crippen molar-refractivity contribution in [3.05, 3.63) is 23.3 Å². The number of nitriles is 1.